The SMILES string of the molecule is Cc1ccc(NC(=O)C2(C(=O)N3CCN(Cc4ccccc4)CC3)CC2)cc1. The second-order valence-electron chi connectivity index (χ2n) is 7.96. The maximum absolute atomic E-state index is 13.1. The molecule has 2 amide bonds. The Morgan fingerprint density at radius 3 is 2.18 bits per heavy atom. The average Bonchev–Trinajstić information content (AvgIpc) is 3.53. The quantitative estimate of drug-likeness (QED) is 0.815. The second kappa shape index (κ2) is 7.76. The maximum atomic E-state index is 13.1. The van der Waals surface area contributed by atoms with Gasteiger partial charge in [-0.15, -0.1) is 0 Å². The molecule has 2 aromatic rings. The predicted octanol–water partition coefficient (Wildman–Crippen LogP) is 3.06. The van der Waals surface area contributed by atoms with E-state index in [1.54, 1.807) is 0 Å². The minimum Gasteiger partial charge on any atom is -0.339 e. The molecule has 0 atom stereocenters. The predicted molar refractivity (Wildman–Crippen MR) is 110 cm³/mol. The molecule has 5 heteroatoms. The molecule has 2 aromatic carbocycles. The Balaban J connectivity index is 1.33. The fraction of sp³-hybridized carbons (Fsp3) is 0.391. The summed E-state index contributed by atoms with van der Waals surface area (Å²) in [4.78, 5) is 30.1. The van der Waals surface area contributed by atoms with Crippen LogP contribution >= 0.6 is 0 Å². The van der Waals surface area contributed by atoms with Crippen molar-refractivity contribution in [1.82, 2.24) is 9.80 Å². The maximum Gasteiger partial charge on any atom is 0.240 e. The van der Waals surface area contributed by atoms with Gasteiger partial charge in [-0.1, -0.05) is 48.0 Å². The van der Waals surface area contributed by atoms with Crippen molar-refractivity contribution in [3.05, 3.63) is 65.7 Å². The highest BCUT2D eigenvalue weighted by Crippen LogP contribution is 2.48. The number of anilines is 1. The zero-order chi connectivity index (χ0) is 19.6. The zero-order valence-electron chi connectivity index (χ0n) is 16.4. The summed E-state index contributed by atoms with van der Waals surface area (Å²) in [5.41, 5.74) is 2.33. The van der Waals surface area contributed by atoms with E-state index in [-0.39, 0.29) is 11.8 Å². The lowest BCUT2D eigenvalue weighted by molar-refractivity contribution is -0.143. The molecule has 0 unspecified atom stereocenters. The molecule has 0 radical (unpaired) electrons. The first-order valence-electron chi connectivity index (χ1n) is 10.0. The van der Waals surface area contributed by atoms with Gasteiger partial charge < -0.3 is 10.2 Å². The van der Waals surface area contributed by atoms with Crippen LogP contribution in [0.4, 0.5) is 5.69 Å². The number of benzene rings is 2. The van der Waals surface area contributed by atoms with Crippen LogP contribution in [0.3, 0.4) is 0 Å². The number of amides is 2. The molecule has 1 heterocycles. The zero-order valence-corrected chi connectivity index (χ0v) is 16.4. The number of carbonyl (C=O) groups excluding carboxylic acids is 2. The van der Waals surface area contributed by atoms with Gasteiger partial charge in [0.2, 0.25) is 11.8 Å². The minimum atomic E-state index is -0.855. The van der Waals surface area contributed by atoms with Crippen LogP contribution in [0.2, 0.25) is 0 Å². The first-order valence-corrected chi connectivity index (χ1v) is 10.0. The number of hydrogen-bond donors (Lipinski definition) is 1. The highest BCUT2D eigenvalue weighted by Gasteiger charge is 2.58. The molecule has 5 nitrogen and oxygen atoms in total. The summed E-state index contributed by atoms with van der Waals surface area (Å²) in [5.74, 6) is -0.162. The molecule has 1 saturated carbocycles. The molecule has 28 heavy (non-hydrogen) atoms. The van der Waals surface area contributed by atoms with Gasteiger partial charge in [0.1, 0.15) is 5.41 Å². The van der Waals surface area contributed by atoms with Gasteiger partial charge in [-0.25, -0.2) is 0 Å². The molecule has 2 fully saturated rings. The lowest BCUT2D eigenvalue weighted by Crippen LogP contribution is -2.52. The third-order valence-corrected chi connectivity index (χ3v) is 5.81. The molecular weight excluding hydrogens is 350 g/mol. The molecule has 0 bridgehead atoms. The Hall–Kier alpha value is -2.66. The topological polar surface area (TPSA) is 52.7 Å². The van der Waals surface area contributed by atoms with Crippen molar-refractivity contribution < 1.29 is 9.59 Å². The van der Waals surface area contributed by atoms with E-state index < -0.39 is 5.41 Å². The average molecular weight is 377 g/mol. The van der Waals surface area contributed by atoms with Gasteiger partial charge in [0.25, 0.3) is 0 Å². The van der Waals surface area contributed by atoms with E-state index in [1.807, 2.05) is 42.2 Å². The van der Waals surface area contributed by atoms with Crippen molar-refractivity contribution in [3.63, 3.8) is 0 Å². The summed E-state index contributed by atoms with van der Waals surface area (Å²) in [6, 6.07) is 18.1. The molecule has 0 spiro atoms. The van der Waals surface area contributed by atoms with Crippen molar-refractivity contribution in [2.75, 3.05) is 31.5 Å². The number of nitrogens with zero attached hydrogens (tertiary/aromatic N) is 2. The Labute approximate surface area is 166 Å². The number of hydrogen-bond acceptors (Lipinski definition) is 3. The van der Waals surface area contributed by atoms with E-state index in [9.17, 15) is 9.59 Å². The van der Waals surface area contributed by atoms with E-state index in [2.05, 4.69) is 34.5 Å². The molecule has 0 aromatic heterocycles. The Morgan fingerprint density at radius 1 is 0.929 bits per heavy atom. The van der Waals surface area contributed by atoms with Gasteiger partial charge in [0, 0.05) is 38.4 Å². The standard InChI is InChI=1S/C23H27N3O2/c1-18-7-9-20(10-8-18)24-21(27)23(11-12-23)22(28)26-15-13-25(14-16-26)17-19-5-3-2-4-6-19/h2-10H,11-17H2,1H3,(H,24,27). The molecule has 2 aliphatic rings. The molecule has 4 rings (SSSR count). The van der Waals surface area contributed by atoms with E-state index in [4.69, 9.17) is 0 Å². The number of aryl methyl sites for hydroxylation is 1. The van der Waals surface area contributed by atoms with Gasteiger partial charge >= 0.3 is 0 Å². The van der Waals surface area contributed by atoms with E-state index in [0.29, 0.717) is 25.9 Å². The Bertz CT molecular complexity index is 836. The second-order valence-corrected chi connectivity index (χ2v) is 7.96. The highest BCUT2D eigenvalue weighted by molar-refractivity contribution is 6.13. The Kier molecular flexibility index (Phi) is 5.18. The summed E-state index contributed by atoms with van der Waals surface area (Å²) in [7, 11) is 0. The molecule has 1 saturated heterocycles. The van der Waals surface area contributed by atoms with Crippen LogP contribution in [0.25, 0.3) is 0 Å². The van der Waals surface area contributed by atoms with Crippen LogP contribution in [0, 0.1) is 12.3 Å². The van der Waals surface area contributed by atoms with Gasteiger partial charge in [0.05, 0.1) is 0 Å². The van der Waals surface area contributed by atoms with E-state index in [0.717, 1.165) is 30.9 Å². The van der Waals surface area contributed by atoms with Crippen molar-refractivity contribution in [3.8, 4) is 0 Å². The van der Waals surface area contributed by atoms with Gasteiger partial charge in [-0.05, 0) is 37.5 Å². The molecule has 1 aliphatic heterocycles. The number of carbonyl (C=O) groups is 2. The summed E-state index contributed by atoms with van der Waals surface area (Å²) < 4.78 is 0. The molecule has 1 aliphatic carbocycles. The first-order chi connectivity index (χ1) is 13.6. The molecular formula is C23H27N3O2. The van der Waals surface area contributed by atoms with Crippen LogP contribution in [0.1, 0.15) is 24.0 Å². The Morgan fingerprint density at radius 2 is 1.57 bits per heavy atom. The van der Waals surface area contributed by atoms with Gasteiger partial charge in [0.15, 0.2) is 0 Å². The third kappa shape index (κ3) is 3.94. The third-order valence-electron chi connectivity index (χ3n) is 5.81. The van der Waals surface area contributed by atoms with Crippen molar-refractivity contribution in [1.29, 1.82) is 0 Å². The lowest BCUT2D eigenvalue weighted by atomic mass is 10.0. The summed E-state index contributed by atoms with van der Waals surface area (Å²) in [6.07, 6.45) is 1.29. The van der Waals surface area contributed by atoms with E-state index in [1.165, 1.54) is 5.56 Å². The smallest absolute Gasteiger partial charge is 0.240 e. The van der Waals surface area contributed by atoms with Crippen LogP contribution in [0.5, 0.6) is 0 Å². The molecule has 1 N–H and O–H groups in total. The largest absolute Gasteiger partial charge is 0.339 e. The first kappa shape index (κ1) is 18.7. The van der Waals surface area contributed by atoms with Gasteiger partial charge in [-0.2, -0.15) is 0 Å². The fourth-order valence-corrected chi connectivity index (χ4v) is 3.80. The van der Waals surface area contributed by atoms with E-state index >= 15 is 0 Å². The summed E-state index contributed by atoms with van der Waals surface area (Å²) in [6.45, 7) is 5.97. The highest BCUT2D eigenvalue weighted by atomic mass is 16.2. The van der Waals surface area contributed by atoms with Crippen LogP contribution < -0.4 is 5.32 Å². The van der Waals surface area contributed by atoms with Crippen molar-refractivity contribution >= 4 is 17.5 Å². The number of piperazine rings is 1. The van der Waals surface area contributed by atoms with Gasteiger partial charge in [-0.3, -0.25) is 14.5 Å². The van der Waals surface area contributed by atoms with Crippen LogP contribution in [0.15, 0.2) is 54.6 Å². The molecule has 146 valence electrons. The van der Waals surface area contributed by atoms with Crippen molar-refractivity contribution in [2.45, 2.75) is 26.3 Å². The summed E-state index contributed by atoms with van der Waals surface area (Å²) >= 11 is 0. The number of rotatable bonds is 5. The minimum absolute atomic E-state index is 0.00327. The summed E-state index contributed by atoms with van der Waals surface area (Å²) in [5, 5.41) is 2.94. The number of nitrogens with one attached hydrogen (secondary N) is 1. The fourth-order valence-electron chi connectivity index (χ4n) is 3.80. The van der Waals surface area contributed by atoms with Crippen LogP contribution in [-0.4, -0.2) is 47.8 Å². The van der Waals surface area contributed by atoms with Crippen LogP contribution in [-0.2, 0) is 16.1 Å². The lowest BCUT2D eigenvalue weighted by Gasteiger charge is -2.36. The van der Waals surface area contributed by atoms with Crippen molar-refractivity contribution in [2.24, 2.45) is 5.41 Å². The monoisotopic (exact) mass is 377 g/mol. The normalized spacial score (nSPS) is 18.5.